The van der Waals surface area contributed by atoms with Crippen molar-refractivity contribution in [2.45, 2.75) is 46.2 Å². The minimum Gasteiger partial charge on any atom is -0.490 e. The minimum atomic E-state index is -0.400. The molecule has 7 heteroatoms. The lowest BCUT2D eigenvalue weighted by Crippen LogP contribution is -2.32. The van der Waals surface area contributed by atoms with Crippen LogP contribution in [-0.2, 0) is 6.54 Å². The van der Waals surface area contributed by atoms with Gasteiger partial charge in [-0.1, -0.05) is 12.1 Å². The number of aryl methyl sites for hydroxylation is 2. The Morgan fingerprint density at radius 2 is 2.24 bits per heavy atom. The molecule has 134 valence electrons. The molecule has 0 fully saturated rings. The zero-order valence-electron chi connectivity index (χ0n) is 14.7. The van der Waals surface area contributed by atoms with Crippen molar-refractivity contribution < 1.29 is 13.9 Å². The van der Waals surface area contributed by atoms with Gasteiger partial charge in [-0.2, -0.15) is 5.10 Å². The molecule has 1 aromatic carbocycles. The number of nitrogens with zero attached hydrogens (tertiary/aromatic N) is 2. The van der Waals surface area contributed by atoms with E-state index in [1.165, 1.54) is 6.07 Å². The summed E-state index contributed by atoms with van der Waals surface area (Å²) in [6.45, 7) is 6.96. The van der Waals surface area contributed by atoms with Crippen molar-refractivity contribution in [3.05, 3.63) is 41.0 Å². The molecule has 1 aromatic heterocycles. The Labute approximate surface area is 146 Å². The summed E-state index contributed by atoms with van der Waals surface area (Å²) in [4.78, 5) is 12.5. The highest BCUT2D eigenvalue weighted by atomic mass is 19.1. The van der Waals surface area contributed by atoms with Gasteiger partial charge in [-0.05, 0) is 39.7 Å². The fourth-order valence-electron chi connectivity index (χ4n) is 3.21. The highest BCUT2D eigenvalue weighted by molar-refractivity contribution is 5.90. The van der Waals surface area contributed by atoms with Crippen molar-refractivity contribution in [1.82, 2.24) is 15.1 Å². The molecular formula is C18H23FN4O2. The van der Waals surface area contributed by atoms with Gasteiger partial charge in [-0.3, -0.25) is 4.68 Å². The lowest BCUT2D eigenvalue weighted by atomic mass is 10.0. The fraction of sp³-hybridized carbons (Fsp3) is 0.444. The van der Waals surface area contributed by atoms with Crippen LogP contribution in [-0.4, -0.2) is 22.4 Å². The number of halogens is 1. The molecule has 2 amide bonds. The van der Waals surface area contributed by atoms with Crippen LogP contribution >= 0.6 is 0 Å². The summed E-state index contributed by atoms with van der Waals surface area (Å²) in [5.41, 5.74) is 3.06. The van der Waals surface area contributed by atoms with Gasteiger partial charge in [0.1, 0.15) is 0 Å². The predicted molar refractivity (Wildman–Crippen MR) is 93.4 cm³/mol. The van der Waals surface area contributed by atoms with Gasteiger partial charge in [0.15, 0.2) is 11.6 Å². The Morgan fingerprint density at radius 1 is 1.44 bits per heavy atom. The number of hydrogen-bond acceptors (Lipinski definition) is 3. The first-order valence-corrected chi connectivity index (χ1v) is 8.54. The number of anilines is 1. The van der Waals surface area contributed by atoms with Crippen molar-refractivity contribution >= 4 is 11.7 Å². The minimum absolute atomic E-state index is 0.233. The number of carbonyl (C=O) groups is 1. The molecule has 25 heavy (non-hydrogen) atoms. The summed E-state index contributed by atoms with van der Waals surface area (Å²) >= 11 is 0. The average molecular weight is 346 g/mol. The van der Waals surface area contributed by atoms with Gasteiger partial charge >= 0.3 is 6.03 Å². The third kappa shape index (κ3) is 3.45. The fourth-order valence-corrected chi connectivity index (χ4v) is 3.21. The van der Waals surface area contributed by atoms with Crippen LogP contribution in [0.25, 0.3) is 0 Å². The van der Waals surface area contributed by atoms with Gasteiger partial charge in [0.05, 0.1) is 29.7 Å². The second-order valence-electron chi connectivity index (χ2n) is 6.16. The van der Waals surface area contributed by atoms with Crippen LogP contribution in [0.4, 0.5) is 14.9 Å². The van der Waals surface area contributed by atoms with E-state index >= 15 is 0 Å². The molecule has 0 bridgehead atoms. The second-order valence-corrected chi connectivity index (χ2v) is 6.16. The lowest BCUT2D eigenvalue weighted by molar-refractivity contribution is 0.247. The van der Waals surface area contributed by atoms with Crippen LogP contribution in [0.1, 0.15) is 42.8 Å². The summed E-state index contributed by atoms with van der Waals surface area (Å²) in [5, 5.41) is 10.2. The van der Waals surface area contributed by atoms with E-state index < -0.39 is 5.82 Å². The number of fused-ring (bicyclic) bond motifs is 1. The number of carbonyl (C=O) groups excluding carboxylic acids is 1. The lowest BCUT2D eigenvalue weighted by Gasteiger charge is -2.19. The molecule has 0 aliphatic carbocycles. The molecule has 0 saturated carbocycles. The number of amides is 2. The highest BCUT2D eigenvalue weighted by Gasteiger charge is 2.24. The van der Waals surface area contributed by atoms with Gasteiger partial charge in [0, 0.05) is 12.1 Å². The predicted octanol–water partition coefficient (Wildman–Crippen LogP) is 3.69. The maximum atomic E-state index is 14.0. The molecule has 3 rings (SSSR count). The molecule has 1 aliphatic rings. The number of rotatable bonds is 3. The van der Waals surface area contributed by atoms with E-state index in [-0.39, 0.29) is 17.8 Å². The zero-order valence-corrected chi connectivity index (χ0v) is 14.7. The second kappa shape index (κ2) is 7.13. The Balaban J connectivity index is 1.78. The summed E-state index contributed by atoms with van der Waals surface area (Å²) in [5.74, 6) is -0.168. The first kappa shape index (κ1) is 17.3. The van der Waals surface area contributed by atoms with E-state index in [2.05, 4.69) is 15.7 Å². The van der Waals surface area contributed by atoms with E-state index in [1.807, 2.05) is 25.5 Å². The molecule has 1 unspecified atom stereocenters. The first-order chi connectivity index (χ1) is 12.0. The van der Waals surface area contributed by atoms with Crippen molar-refractivity contribution in [2.75, 3.05) is 11.9 Å². The topological polar surface area (TPSA) is 68.2 Å². The maximum Gasteiger partial charge on any atom is 0.319 e. The number of para-hydroxylation sites is 1. The number of urea groups is 1. The van der Waals surface area contributed by atoms with Crippen molar-refractivity contribution in [1.29, 1.82) is 0 Å². The smallest absolute Gasteiger partial charge is 0.319 e. The molecule has 2 aromatic rings. The Hall–Kier alpha value is -2.57. The Morgan fingerprint density at radius 3 is 2.96 bits per heavy atom. The average Bonchev–Trinajstić information content (AvgIpc) is 2.75. The number of aromatic nitrogens is 2. The summed E-state index contributed by atoms with van der Waals surface area (Å²) in [7, 11) is 0. The highest BCUT2D eigenvalue weighted by Crippen LogP contribution is 2.33. The van der Waals surface area contributed by atoms with Crippen molar-refractivity contribution in [2.24, 2.45) is 0 Å². The number of hydrogen-bond donors (Lipinski definition) is 2. The van der Waals surface area contributed by atoms with E-state index in [4.69, 9.17) is 4.74 Å². The van der Waals surface area contributed by atoms with Crippen LogP contribution < -0.4 is 15.4 Å². The van der Waals surface area contributed by atoms with Gasteiger partial charge in [0.2, 0.25) is 0 Å². The number of ether oxygens (including phenoxy) is 1. The standard InChI is InChI=1S/C18H23FN4O2/c1-4-23-12(3)16(11(2)22-23)21-18(24)20-15-9-6-10-25-17-13(15)7-5-8-14(17)19/h5,7-8,15H,4,6,9-10H2,1-3H3,(H2,20,21,24). The Kier molecular flexibility index (Phi) is 4.92. The quantitative estimate of drug-likeness (QED) is 0.890. The van der Waals surface area contributed by atoms with Gasteiger partial charge in [-0.15, -0.1) is 0 Å². The van der Waals surface area contributed by atoms with E-state index in [0.717, 1.165) is 24.4 Å². The summed E-state index contributed by atoms with van der Waals surface area (Å²) in [6.07, 6.45) is 1.43. The molecule has 0 spiro atoms. The normalized spacial score (nSPS) is 16.6. The molecule has 1 aliphatic heterocycles. The van der Waals surface area contributed by atoms with Gasteiger partial charge in [-0.25, -0.2) is 9.18 Å². The monoisotopic (exact) mass is 346 g/mol. The number of nitrogens with one attached hydrogen (secondary N) is 2. The Bertz CT molecular complexity index is 788. The molecule has 2 N–H and O–H groups in total. The van der Waals surface area contributed by atoms with Crippen LogP contribution in [0, 0.1) is 19.7 Å². The molecule has 1 atom stereocenters. The van der Waals surface area contributed by atoms with Crippen molar-refractivity contribution in [3.63, 3.8) is 0 Å². The third-order valence-electron chi connectivity index (χ3n) is 4.48. The maximum absolute atomic E-state index is 14.0. The molecule has 0 saturated heterocycles. The zero-order chi connectivity index (χ0) is 18.0. The van der Waals surface area contributed by atoms with Gasteiger partial charge < -0.3 is 15.4 Å². The molecule has 0 radical (unpaired) electrons. The van der Waals surface area contributed by atoms with Crippen LogP contribution in [0.3, 0.4) is 0 Å². The molecule has 2 heterocycles. The summed E-state index contributed by atoms with van der Waals surface area (Å²) in [6, 6.07) is 4.17. The van der Waals surface area contributed by atoms with Crippen molar-refractivity contribution in [3.8, 4) is 5.75 Å². The molecule has 6 nitrogen and oxygen atoms in total. The first-order valence-electron chi connectivity index (χ1n) is 8.54. The SMILES string of the molecule is CCn1nc(C)c(NC(=O)NC2CCCOc3c(F)cccc32)c1C. The van der Waals surface area contributed by atoms with Crippen LogP contribution in [0.5, 0.6) is 5.75 Å². The largest absolute Gasteiger partial charge is 0.490 e. The summed E-state index contributed by atoms with van der Waals surface area (Å²) < 4.78 is 21.3. The van der Waals surface area contributed by atoms with Gasteiger partial charge in [0.25, 0.3) is 0 Å². The van der Waals surface area contributed by atoms with Crippen LogP contribution in [0.15, 0.2) is 18.2 Å². The third-order valence-corrected chi connectivity index (χ3v) is 4.48. The molecular weight excluding hydrogens is 323 g/mol. The van der Waals surface area contributed by atoms with E-state index in [9.17, 15) is 9.18 Å². The van der Waals surface area contributed by atoms with Crippen LogP contribution in [0.2, 0.25) is 0 Å². The van der Waals surface area contributed by atoms with E-state index in [0.29, 0.717) is 24.3 Å². The number of benzene rings is 1. The van der Waals surface area contributed by atoms with E-state index in [1.54, 1.807) is 12.1 Å².